The van der Waals surface area contributed by atoms with Crippen LogP contribution < -0.4 is 20.7 Å². The van der Waals surface area contributed by atoms with Crippen molar-refractivity contribution >= 4 is 22.0 Å². The molecule has 2 saturated carbocycles. The zero-order valence-corrected chi connectivity index (χ0v) is 17.1. The highest BCUT2D eigenvalue weighted by Crippen LogP contribution is 2.32. The summed E-state index contributed by atoms with van der Waals surface area (Å²) in [6, 6.07) is -0.345. The average Bonchev–Trinajstić information content (AvgIpc) is 3.31. The van der Waals surface area contributed by atoms with Gasteiger partial charge in [-0.2, -0.15) is 0 Å². The first kappa shape index (κ1) is 21.0. The maximum atomic E-state index is 12.3. The van der Waals surface area contributed by atoms with Gasteiger partial charge in [0.1, 0.15) is 0 Å². The predicted molar refractivity (Wildman–Crippen MR) is 100 cm³/mol. The summed E-state index contributed by atoms with van der Waals surface area (Å²) in [6.45, 7) is 9.26. The zero-order chi connectivity index (χ0) is 19.8. The smallest absolute Gasteiger partial charge is 0.315 e. The molecule has 0 aromatic carbocycles. The lowest BCUT2D eigenvalue weighted by molar-refractivity contribution is -0.123. The first-order valence-electron chi connectivity index (χ1n) is 9.17. The summed E-state index contributed by atoms with van der Waals surface area (Å²) < 4.78 is 27.2. The number of hydrogen-bond acceptors (Lipinski definition) is 4. The van der Waals surface area contributed by atoms with Gasteiger partial charge in [-0.15, -0.1) is 0 Å². The fourth-order valence-electron chi connectivity index (χ4n) is 2.58. The molecule has 2 atom stereocenters. The molecule has 0 aromatic heterocycles. The molecule has 2 fully saturated rings. The van der Waals surface area contributed by atoms with E-state index in [0.29, 0.717) is 6.42 Å². The van der Waals surface area contributed by atoms with E-state index in [1.54, 1.807) is 13.8 Å². The van der Waals surface area contributed by atoms with Crippen LogP contribution in [-0.4, -0.2) is 49.3 Å². The fourth-order valence-corrected chi connectivity index (χ4v) is 4.19. The van der Waals surface area contributed by atoms with E-state index in [9.17, 15) is 18.0 Å². The van der Waals surface area contributed by atoms with Gasteiger partial charge in [0.2, 0.25) is 15.9 Å². The third-order valence-electron chi connectivity index (χ3n) is 4.32. The molecule has 26 heavy (non-hydrogen) atoms. The van der Waals surface area contributed by atoms with Crippen molar-refractivity contribution in [2.75, 3.05) is 5.75 Å². The Hall–Kier alpha value is -1.35. The molecule has 0 bridgehead atoms. The van der Waals surface area contributed by atoms with Crippen molar-refractivity contribution in [2.45, 2.75) is 83.5 Å². The Bertz CT molecular complexity index is 650. The van der Waals surface area contributed by atoms with Gasteiger partial charge in [-0.3, -0.25) is 4.79 Å². The normalized spacial score (nSPS) is 23.3. The van der Waals surface area contributed by atoms with Crippen molar-refractivity contribution in [1.29, 1.82) is 0 Å². The molecule has 150 valence electrons. The summed E-state index contributed by atoms with van der Waals surface area (Å²) in [5, 5.41) is 8.51. The van der Waals surface area contributed by atoms with Gasteiger partial charge < -0.3 is 16.0 Å². The molecule has 0 spiro atoms. The molecule has 0 radical (unpaired) electrons. The Labute approximate surface area is 156 Å². The lowest BCUT2D eigenvalue weighted by Crippen LogP contribution is -2.50. The lowest BCUT2D eigenvalue weighted by Gasteiger charge is -2.26. The SMILES string of the molecule is CC(C)(C)NC(=O)C1CC1NS(=O)(=O)CCC(C)(C)NC(=O)NC1CC1. The van der Waals surface area contributed by atoms with Gasteiger partial charge in [0.05, 0.1) is 11.7 Å². The van der Waals surface area contributed by atoms with Crippen molar-refractivity contribution in [3.8, 4) is 0 Å². The van der Waals surface area contributed by atoms with Crippen LogP contribution in [0.5, 0.6) is 0 Å². The minimum absolute atomic E-state index is 0.103. The van der Waals surface area contributed by atoms with Crippen LogP contribution in [0.25, 0.3) is 0 Å². The Kier molecular flexibility index (Phi) is 5.92. The van der Waals surface area contributed by atoms with E-state index in [-0.39, 0.29) is 47.7 Å². The molecule has 2 rings (SSSR count). The van der Waals surface area contributed by atoms with E-state index >= 15 is 0 Å². The number of hydrogen-bond donors (Lipinski definition) is 4. The van der Waals surface area contributed by atoms with Gasteiger partial charge in [-0.05, 0) is 60.3 Å². The molecule has 3 amide bonds. The van der Waals surface area contributed by atoms with Crippen LogP contribution in [0.4, 0.5) is 4.79 Å². The van der Waals surface area contributed by atoms with Gasteiger partial charge in [0.25, 0.3) is 0 Å². The Morgan fingerprint density at radius 2 is 1.65 bits per heavy atom. The zero-order valence-electron chi connectivity index (χ0n) is 16.3. The molecular formula is C17H32N4O4S. The number of urea groups is 1. The van der Waals surface area contributed by atoms with Crippen LogP contribution in [-0.2, 0) is 14.8 Å². The van der Waals surface area contributed by atoms with Crippen LogP contribution in [0.2, 0.25) is 0 Å². The monoisotopic (exact) mass is 388 g/mol. The average molecular weight is 389 g/mol. The maximum Gasteiger partial charge on any atom is 0.315 e. The predicted octanol–water partition coefficient (Wildman–Crippen LogP) is 0.839. The second-order valence-corrected chi connectivity index (χ2v) is 11.0. The third-order valence-corrected chi connectivity index (χ3v) is 5.72. The number of nitrogens with one attached hydrogen (secondary N) is 4. The molecule has 0 aromatic rings. The second-order valence-electron chi connectivity index (χ2n) is 9.13. The Balaban J connectivity index is 1.74. The van der Waals surface area contributed by atoms with Crippen molar-refractivity contribution in [1.82, 2.24) is 20.7 Å². The molecule has 0 saturated heterocycles. The van der Waals surface area contributed by atoms with Gasteiger partial charge >= 0.3 is 6.03 Å². The largest absolute Gasteiger partial charge is 0.351 e. The molecule has 2 aliphatic carbocycles. The molecule has 0 aliphatic heterocycles. The highest BCUT2D eigenvalue weighted by Gasteiger charge is 2.46. The van der Waals surface area contributed by atoms with E-state index in [2.05, 4.69) is 20.7 Å². The van der Waals surface area contributed by atoms with Crippen molar-refractivity contribution in [3.05, 3.63) is 0 Å². The second kappa shape index (κ2) is 7.34. The van der Waals surface area contributed by atoms with Crippen LogP contribution in [0.3, 0.4) is 0 Å². The van der Waals surface area contributed by atoms with Gasteiger partial charge in [0, 0.05) is 23.2 Å². The standard InChI is InChI=1S/C17H32N4O4S/c1-16(2,3)19-14(22)12-10-13(12)21-26(24,25)9-8-17(4,5)20-15(23)18-11-6-7-11/h11-13,21H,6-10H2,1-5H3,(H,19,22)(H2,18,20,23). The first-order valence-corrected chi connectivity index (χ1v) is 10.8. The van der Waals surface area contributed by atoms with Crippen LogP contribution in [0, 0.1) is 5.92 Å². The van der Waals surface area contributed by atoms with E-state index in [4.69, 9.17) is 0 Å². The van der Waals surface area contributed by atoms with E-state index < -0.39 is 15.6 Å². The molecule has 2 aliphatic rings. The van der Waals surface area contributed by atoms with Gasteiger partial charge in [0.15, 0.2) is 0 Å². The first-order chi connectivity index (χ1) is 11.8. The minimum Gasteiger partial charge on any atom is -0.351 e. The van der Waals surface area contributed by atoms with Crippen molar-refractivity contribution in [3.63, 3.8) is 0 Å². The molecule has 8 nitrogen and oxygen atoms in total. The highest BCUT2D eigenvalue weighted by molar-refractivity contribution is 7.89. The summed E-state index contributed by atoms with van der Waals surface area (Å²) in [6.07, 6.45) is 2.80. The van der Waals surface area contributed by atoms with Gasteiger partial charge in [-0.1, -0.05) is 0 Å². The molecular weight excluding hydrogens is 356 g/mol. The molecule has 0 heterocycles. The number of sulfonamides is 1. The number of rotatable bonds is 8. The molecule has 9 heteroatoms. The number of carbonyl (C=O) groups is 2. The summed E-state index contributed by atoms with van der Waals surface area (Å²) in [5.41, 5.74) is -0.972. The summed E-state index contributed by atoms with van der Waals surface area (Å²) in [5.74, 6) is -0.531. The number of carbonyl (C=O) groups excluding carboxylic acids is 2. The van der Waals surface area contributed by atoms with Crippen LogP contribution in [0.1, 0.15) is 60.3 Å². The Morgan fingerprint density at radius 1 is 1.04 bits per heavy atom. The van der Waals surface area contributed by atoms with Crippen LogP contribution in [0.15, 0.2) is 0 Å². The number of amides is 3. The lowest BCUT2D eigenvalue weighted by atomic mass is 10.0. The van der Waals surface area contributed by atoms with Gasteiger partial charge in [-0.25, -0.2) is 17.9 Å². The molecule has 4 N–H and O–H groups in total. The fraction of sp³-hybridized carbons (Fsp3) is 0.882. The summed E-state index contributed by atoms with van der Waals surface area (Å²) >= 11 is 0. The molecule has 2 unspecified atom stereocenters. The quantitative estimate of drug-likeness (QED) is 0.493. The van der Waals surface area contributed by atoms with Crippen LogP contribution >= 0.6 is 0 Å². The summed E-state index contributed by atoms with van der Waals surface area (Å²) in [7, 11) is -3.51. The topological polar surface area (TPSA) is 116 Å². The highest BCUT2D eigenvalue weighted by atomic mass is 32.2. The Morgan fingerprint density at radius 3 is 2.19 bits per heavy atom. The third kappa shape index (κ3) is 7.49. The van der Waals surface area contributed by atoms with E-state index in [0.717, 1.165) is 12.8 Å². The summed E-state index contributed by atoms with van der Waals surface area (Å²) in [4.78, 5) is 23.9. The van der Waals surface area contributed by atoms with E-state index in [1.807, 2.05) is 20.8 Å². The van der Waals surface area contributed by atoms with E-state index in [1.165, 1.54) is 0 Å². The van der Waals surface area contributed by atoms with Crippen molar-refractivity contribution < 1.29 is 18.0 Å². The maximum absolute atomic E-state index is 12.3. The minimum atomic E-state index is -3.51. The van der Waals surface area contributed by atoms with Crippen molar-refractivity contribution in [2.24, 2.45) is 5.92 Å².